The van der Waals surface area contributed by atoms with Gasteiger partial charge in [0.1, 0.15) is 12.1 Å². The Morgan fingerprint density at radius 1 is 1.33 bits per heavy atom. The number of carbonyl (C=O) groups excluding carboxylic acids is 4. The molecule has 8 heteroatoms. The van der Waals surface area contributed by atoms with Crippen molar-refractivity contribution in [2.45, 2.75) is 51.5 Å². The number of imide groups is 1. The van der Waals surface area contributed by atoms with E-state index in [1.54, 1.807) is 6.07 Å². The number of esters is 1. The van der Waals surface area contributed by atoms with Crippen molar-refractivity contribution in [3.8, 4) is 0 Å². The van der Waals surface area contributed by atoms with Crippen LogP contribution in [0.2, 0.25) is 0 Å². The standard InChI is InChI=1S/C19H24N2O5S/c1-3-13-7-8-15(27-13)14(22)11-26-16(23)10-21-17(24)19(20-18(21)25)9-5-4-6-12(19)2/h7-8,12H,3-6,9-11H2,1-2H3,(H,20,25)/t12-,19+/m1/s1. The summed E-state index contributed by atoms with van der Waals surface area (Å²) in [7, 11) is 0. The van der Waals surface area contributed by atoms with Crippen LogP contribution in [0.3, 0.4) is 0 Å². The molecule has 0 aromatic carbocycles. The first-order chi connectivity index (χ1) is 12.9. The summed E-state index contributed by atoms with van der Waals surface area (Å²) in [6.07, 6.45) is 4.17. The average Bonchev–Trinajstić information content (AvgIpc) is 3.22. The smallest absolute Gasteiger partial charge is 0.326 e. The highest BCUT2D eigenvalue weighted by Crippen LogP contribution is 2.38. The van der Waals surface area contributed by atoms with Gasteiger partial charge in [0, 0.05) is 4.88 Å². The second kappa shape index (κ2) is 7.80. The third kappa shape index (κ3) is 3.76. The maximum absolute atomic E-state index is 12.8. The summed E-state index contributed by atoms with van der Waals surface area (Å²) in [4.78, 5) is 51.8. The van der Waals surface area contributed by atoms with Crippen LogP contribution in [0.1, 0.15) is 54.1 Å². The molecule has 146 valence electrons. The second-order valence-electron chi connectivity index (χ2n) is 7.14. The largest absolute Gasteiger partial charge is 0.456 e. The summed E-state index contributed by atoms with van der Waals surface area (Å²) in [5.74, 6) is -1.40. The Hall–Kier alpha value is -2.22. The number of nitrogens with zero attached hydrogens (tertiary/aromatic N) is 1. The fourth-order valence-corrected chi connectivity index (χ4v) is 4.62. The number of aryl methyl sites for hydroxylation is 1. The molecule has 1 aliphatic heterocycles. The first-order valence-electron chi connectivity index (χ1n) is 9.29. The molecule has 3 rings (SSSR count). The maximum Gasteiger partial charge on any atom is 0.326 e. The van der Waals surface area contributed by atoms with Crippen molar-refractivity contribution >= 4 is 35.0 Å². The molecule has 1 spiro atoms. The van der Waals surface area contributed by atoms with Crippen molar-refractivity contribution in [1.29, 1.82) is 0 Å². The molecule has 0 radical (unpaired) electrons. The Kier molecular flexibility index (Phi) is 5.64. The Morgan fingerprint density at radius 3 is 2.78 bits per heavy atom. The summed E-state index contributed by atoms with van der Waals surface area (Å²) < 4.78 is 5.01. The third-order valence-corrected chi connectivity index (χ3v) is 6.71. The molecule has 1 saturated carbocycles. The van der Waals surface area contributed by atoms with Gasteiger partial charge in [0.2, 0.25) is 5.78 Å². The Labute approximate surface area is 162 Å². The van der Waals surface area contributed by atoms with Crippen LogP contribution in [-0.4, -0.2) is 47.3 Å². The summed E-state index contributed by atoms with van der Waals surface area (Å²) in [5, 5.41) is 2.79. The molecule has 1 aromatic rings. The predicted molar refractivity (Wildman–Crippen MR) is 99.6 cm³/mol. The number of hydrogen-bond donors (Lipinski definition) is 1. The molecule has 0 unspecified atom stereocenters. The van der Waals surface area contributed by atoms with Gasteiger partial charge in [-0.05, 0) is 37.3 Å². The first-order valence-corrected chi connectivity index (χ1v) is 10.1. The van der Waals surface area contributed by atoms with Crippen molar-refractivity contribution < 1.29 is 23.9 Å². The zero-order chi connectivity index (χ0) is 19.6. The van der Waals surface area contributed by atoms with Gasteiger partial charge >= 0.3 is 12.0 Å². The molecule has 0 bridgehead atoms. The minimum absolute atomic E-state index is 0.0249. The van der Waals surface area contributed by atoms with Gasteiger partial charge in [0.25, 0.3) is 5.91 Å². The van der Waals surface area contributed by atoms with Gasteiger partial charge in [-0.3, -0.25) is 19.3 Å². The van der Waals surface area contributed by atoms with E-state index in [-0.39, 0.29) is 17.6 Å². The van der Waals surface area contributed by atoms with Crippen LogP contribution in [0, 0.1) is 5.92 Å². The minimum atomic E-state index is -0.904. The summed E-state index contributed by atoms with van der Waals surface area (Å²) in [6, 6.07) is 3.02. The summed E-state index contributed by atoms with van der Waals surface area (Å²) >= 11 is 1.37. The molecule has 1 N–H and O–H groups in total. The summed E-state index contributed by atoms with van der Waals surface area (Å²) in [6.45, 7) is 3.08. The van der Waals surface area contributed by atoms with Gasteiger partial charge in [-0.15, -0.1) is 11.3 Å². The van der Waals surface area contributed by atoms with Crippen molar-refractivity contribution in [1.82, 2.24) is 10.2 Å². The lowest BCUT2D eigenvalue weighted by Crippen LogP contribution is -2.54. The zero-order valence-electron chi connectivity index (χ0n) is 15.6. The molecule has 3 amide bonds. The van der Waals surface area contributed by atoms with Crippen LogP contribution in [0.4, 0.5) is 4.79 Å². The number of thiophene rings is 1. The Morgan fingerprint density at radius 2 is 2.11 bits per heavy atom. The molecule has 2 fully saturated rings. The lowest BCUT2D eigenvalue weighted by molar-refractivity contribution is -0.147. The molecule has 2 heterocycles. The quantitative estimate of drug-likeness (QED) is 0.456. The fraction of sp³-hybridized carbons (Fsp3) is 0.579. The average molecular weight is 392 g/mol. The van der Waals surface area contributed by atoms with Crippen LogP contribution < -0.4 is 5.32 Å². The van der Waals surface area contributed by atoms with E-state index in [1.165, 1.54) is 11.3 Å². The molecule has 2 atom stereocenters. The molecular weight excluding hydrogens is 368 g/mol. The summed E-state index contributed by atoms with van der Waals surface area (Å²) in [5.41, 5.74) is -0.904. The van der Waals surface area contributed by atoms with E-state index >= 15 is 0 Å². The van der Waals surface area contributed by atoms with Crippen molar-refractivity contribution in [3.05, 3.63) is 21.9 Å². The van der Waals surface area contributed by atoms with Crippen molar-refractivity contribution in [2.24, 2.45) is 5.92 Å². The normalized spacial score (nSPS) is 25.0. The van der Waals surface area contributed by atoms with Crippen LogP contribution in [0.15, 0.2) is 12.1 Å². The number of nitrogens with one attached hydrogen (secondary N) is 1. The minimum Gasteiger partial charge on any atom is -0.456 e. The van der Waals surface area contributed by atoms with Gasteiger partial charge < -0.3 is 10.1 Å². The van der Waals surface area contributed by atoms with Crippen molar-refractivity contribution in [2.75, 3.05) is 13.2 Å². The van der Waals surface area contributed by atoms with Crippen molar-refractivity contribution in [3.63, 3.8) is 0 Å². The fourth-order valence-electron chi connectivity index (χ4n) is 3.75. The number of ether oxygens (including phenoxy) is 1. The SMILES string of the molecule is CCc1ccc(C(=O)COC(=O)CN2C(=O)N[C@]3(CCCC[C@H]3C)C2=O)s1. The maximum atomic E-state index is 12.8. The number of hydrogen-bond acceptors (Lipinski definition) is 6. The molecule has 1 saturated heterocycles. The molecule has 7 nitrogen and oxygen atoms in total. The number of carbonyl (C=O) groups is 4. The van der Waals surface area contributed by atoms with Crippen LogP contribution in [-0.2, 0) is 20.7 Å². The van der Waals surface area contributed by atoms with Crippen LogP contribution in [0.25, 0.3) is 0 Å². The van der Waals surface area contributed by atoms with E-state index in [0.717, 1.165) is 35.5 Å². The Bertz CT molecular complexity index is 774. The van der Waals surface area contributed by atoms with Crippen LogP contribution in [0.5, 0.6) is 0 Å². The number of ketones is 1. The van der Waals surface area contributed by atoms with E-state index in [2.05, 4.69) is 5.32 Å². The molecule has 27 heavy (non-hydrogen) atoms. The van der Waals surface area contributed by atoms with Gasteiger partial charge in [-0.2, -0.15) is 0 Å². The van der Waals surface area contributed by atoms with Gasteiger partial charge in [-0.25, -0.2) is 4.79 Å². The molecule has 2 aliphatic rings. The first kappa shape index (κ1) is 19.5. The van der Waals surface area contributed by atoms with E-state index in [0.29, 0.717) is 11.3 Å². The zero-order valence-corrected chi connectivity index (χ0v) is 16.4. The van der Waals surface area contributed by atoms with Gasteiger partial charge in [0.15, 0.2) is 6.61 Å². The number of Topliss-reactive ketones (excluding diaryl/α,β-unsaturated/α-hetero) is 1. The van der Waals surface area contributed by atoms with Gasteiger partial charge in [-0.1, -0.05) is 26.7 Å². The molecular formula is C19H24N2O5S. The third-order valence-electron chi connectivity index (χ3n) is 5.44. The highest BCUT2D eigenvalue weighted by atomic mass is 32.1. The Balaban J connectivity index is 1.56. The highest BCUT2D eigenvalue weighted by Gasteiger charge is 2.55. The topological polar surface area (TPSA) is 92.8 Å². The predicted octanol–water partition coefficient (Wildman–Crippen LogP) is 2.54. The van der Waals surface area contributed by atoms with E-state index in [4.69, 9.17) is 4.74 Å². The highest BCUT2D eigenvalue weighted by molar-refractivity contribution is 7.14. The molecule has 1 aromatic heterocycles. The number of amides is 3. The lowest BCUT2D eigenvalue weighted by atomic mass is 9.73. The number of urea groups is 1. The second-order valence-corrected chi connectivity index (χ2v) is 8.31. The number of rotatable bonds is 6. The van der Waals surface area contributed by atoms with E-state index < -0.39 is 30.7 Å². The van der Waals surface area contributed by atoms with Crippen LogP contribution >= 0.6 is 11.3 Å². The molecule has 1 aliphatic carbocycles. The van der Waals surface area contributed by atoms with E-state index in [9.17, 15) is 19.2 Å². The van der Waals surface area contributed by atoms with Gasteiger partial charge in [0.05, 0.1) is 4.88 Å². The van der Waals surface area contributed by atoms with E-state index in [1.807, 2.05) is 19.9 Å². The lowest BCUT2D eigenvalue weighted by Gasteiger charge is -2.36. The monoisotopic (exact) mass is 392 g/mol.